The summed E-state index contributed by atoms with van der Waals surface area (Å²) in [7, 11) is 0. The molecule has 2 nitrogen and oxygen atoms in total. The predicted molar refractivity (Wildman–Crippen MR) is 72.3 cm³/mol. The van der Waals surface area contributed by atoms with E-state index in [4.69, 9.17) is 0 Å². The van der Waals surface area contributed by atoms with Crippen LogP contribution in [-0.2, 0) is 4.79 Å². The second kappa shape index (κ2) is 5.13. The van der Waals surface area contributed by atoms with E-state index in [0.29, 0.717) is 5.91 Å². The highest BCUT2D eigenvalue weighted by Crippen LogP contribution is 2.32. The maximum atomic E-state index is 12.2. The summed E-state index contributed by atoms with van der Waals surface area (Å²) in [6.45, 7) is 1.93. The molecule has 0 bridgehead atoms. The van der Waals surface area contributed by atoms with Crippen LogP contribution in [0.3, 0.4) is 0 Å². The van der Waals surface area contributed by atoms with Gasteiger partial charge in [0.25, 0.3) is 0 Å². The van der Waals surface area contributed by atoms with Crippen molar-refractivity contribution < 1.29 is 4.79 Å². The Bertz CT molecular complexity index is 408. The Morgan fingerprint density at radius 3 is 2.44 bits per heavy atom. The average Bonchev–Trinajstić information content (AvgIpc) is 2.44. The van der Waals surface area contributed by atoms with Crippen LogP contribution < -0.4 is 0 Å². The minimum absolute atomic E-state index is 0.134. The van der Waals surface area contributed by atoms with Gasteiger partial charge in [-0.15, -0.1) is 0 Å². The number of rotatable bonds is 3. The van der Waals surface area contributed by atoms with Crippen molar-refractivity contribution in [3.8, 4) is 0 Å². The van der Waals surface area contributed by atoms with E-state index in [0.717, 1.165) is 19.0 Å². The molecule has 1 amide bonds. The molecule has 18 heavy (non-hydrogen) atoms. The third-order valence-corrected chi connectivity index (χ3v) is 4.42. The molecule has 1 atom stereocenters. The van der Waals surface area contributed by atoms with Crippen LogP contribution in [0.25, 0.3) is 0 Å². The third kappa shape index (κ3) is 2.29. The van der Waals surface area contributed by atoms with Gasteiger partial charge in [-0.3, -0.25) is 4.79 Å². The molecule has 1 saturated heterocycles. The van der Waals surface area contributed by atoms with Crippen LogP contribution >= 0.6 is 0 Å². The lowest BCUT2D eigenvalue weighted by Gasteiger charge is -2.41. The van der Waals surface area contributed by atoms with Crippen molar-refractivity contribution in [3.05, 3.63) is 35.9 Å². The molecule has 1 aliphatic carbocycles. The fraction of sp³-hybridized carbons (Fsp3) is 0.562. The van der Waals surface area contributed by atoms with Gasteiger partial charge >= 0.3 is 0 Å². The number of β-lactam (4-membered cyclic amide) rings is 1. The minimum atomic E-state index is 0.134. The van der Waals surface area contributed by atoms with E-state index in [1.54, 1.807) is 0 Å². The molecule has 0 radical (unpaired) electrons. The molecule has 0 N–H and O–H groups in total. The molecule has 2 fully saturated rings. The van der Waals surface area contributed by atoms with Gasteiger partial charge in [0, 0.05) is 13.1 Å². The second-order valence-electron chi connectivity index (χ2n) is 5.71. The van der Waals surface area contributed by atoms with Gasteiger partial charge in [-0.25, -0.2) is 0 Å². The molecule has 2 aliphatic rings. The lowest BCUT2D eigenvalue weighted by atomic mass is 9.85. The van der Waals surface area contributed by atoms with Gasteiger partial charge in [-0.2, -0.15) is 0 Å². The molecule has 0 aromatic heterocycles. The summed E-state index contributed by atoms with van der Waals surface area (Å²) in [5.41, 5.74) is 1.18. The predicted octanol–water partition coefficient (Wildman–Crippen LogP) is 3.19. The monoisotopic (exact) mass is 243 g/mol. The van der Waals surface area contributed by atoms with E-state index in [1.807, 2.05) is 18.2 Å². The Morgan fingerprint density at radius 2 is 1.78 bits per heavy atom. The number of amides is 1. The van der Waals surface area contributed by atoms with E-state index in [-0.39, 0.29) is 5.92 Å². The molecule has 1 saturated carbocycles. The second-order valence-corrected chi connectivity index (χ2v) is 5.71. The first-order valence-electron chi connectivity index (χ1n) is 7.18. The van der Waals surface area contributed by atoms with E-state index in [9.17, 15) is 4.79 Å². The van der Waals surface area contributed by atoms with Crippen molar-refractivity contribution >= 4 is 5.91 Å². The van der Waals surface area contributed by atoms with Crippen molar-refractivity contribution in [1.29, 1.82) is 0 Å². The lowest BCUT2D eigenvalue weighted by molar-refractivity contribution is -0.143. The first kappa shape index (κ1) is 11.8. The topological polar surface area (TPSA) is 20.3 Å². The summed E-state index contributed by atoms with van der Waals surface area (Å²) in [4.78, 5) is 14.2. The fourth-order valence-corrected chi connectivity index (χ4v) is 3.28. The lowest BCUT2D eigenvalue weighted by Crippen LogP contribution is -2.52. The third-order valence-electron chi connectivity index (χ3n) is 4.42. The highest BCUT2D eigenvalue weighted by Gasteiger charge is 2.38. The van der Waals surface area contributed by atoms with Crippen LogP contribution in [0.2, 0.25) is 0 Å². The summed E-state index contributed by atoms with van der Waals surface area (Å²) in [5.74, 6) is 1.24. The first-order chi connectivity index (χ1) is 8.84. The summed E-state index contributed by atoms with van der Waals surface area (Å²) in [6, 6.07) is 10.2. The molecule has 0 spiro atoms. The number of carbonyl (C=O) groups is 1. The molecule has 1 heterocycles. The van der Waals surface area contributed by atoms with Gasteiger partial charge in [0.15, 0.2) is 0 Å². The summed E-state index contributed by atoms with van der Waals surface area (Å²) >= 11 is 0. The van der Waals surface area contributed by atoms with Gasteiger partial charge < -0.3 is 4.90 Å². The Balaban J connectivity index is 1.55. The number of benzene rings is 1. The maximum Gasteiger partial charge on any atom is 0.231 e. The molecule has 3 rings (SSSR count). The van der Waals surface area contributed by atoms with E-state index in [1.165, 1.54) is 37.7 Å². The van der Waals surface area contributed by atoms with Gasteiger partial charge in [-0.05, 0) is 24.3 Å². The normalized spacial score (nSPS) is 25.0. The molecular weight excluding hydrogens is 222 g/mol. The van der Waals surface area contributed by atoms with Crippen molar-refractivity contribution in [2.24, 2.45) is 5.92 Å². The number of likely N-dealkylation sites (tertiary alicyclic amines) is 1. The van der Waals surface area contributed by atoms with Crippen molar-refractivity contribution in [1.82, 2.24) is 4.90 Å². The standard InChI is InChI=1S/C16H21NO/c18-16-15(14-9-5-2-6-10-14)12-17(16)11-13-7-3-1-4-8-13/h2,5-6,9-10,13,15H,1,3-4,7-8,11-12H2. The zero-order valence-corrected chi connectivity index (χ0v) is 10.8. The minimum Gasteiger partial charge on any atom is -0.341 e. The Labute approximate surface area is 109 Å². The molecule has 1 unspecified atom stereocenters. The largest absolute Gasteiger partial charge is 0.341 e. The van der Waals surface area contributed by atoms with Crippen LogP contribution in [0.5, 0.6) is 0 Å². The Morgan fingerprint density at radius 1 is 1.06 bits per heavy atom. The quantitative estimate of drug-likeness (QED) is 0.747. The number of carbonyl (C=O) groups excluding carboxylic acids is 1. The number of hydrogen-bond donors (Lipinski definition) is 0. The number of nitrogens with zero attached hydrogens (tertiary/aromatic N) is 1. The first-order valence-corrected chi connectivity index (χ1v) is 7.18. The summed E-state index contributed by atoms with van der Waals surface area (Å²) in [6.07, 6.45) is 6.74. The maximum absolute atomic E-state index is 12.2. The zero-order chi connectivity index (χ0) is 12.4. The van der Waals surface area contributed by atoms with Crippen LogP contribution in [0.15, 0.2) is 30.3 Å². The van der Waals surface area contributed by atoms with Crippen LogP contribution in [-0.4, -0.2) is 23.9 Å². The van der Waals surface area contributed by atoms with E-state index in [2.05, 4.69) is 17.0 Å². The van der Waals surface area contributed by atoms with E-state index >= 15 is 0 Å². The highest BCUT2D eigenvalue weighted by atomic mass is 16.2. The van der Waals surface area contributed by atoms with E-state index < -0.39 is 0 Å². The van der Waals surface area contributed by atoms with Gasteiger partial charge in [0.1, 0.15) is 0 Å². The Hall–Kier alpha value is -1.31. The smallest absolute Gasteiger partial charge is 0.231 e. The molecule has 1 aromatic carbocycles. The van der Waals surface area contributed by atoms with Crippen molar-refractivity contribution in [3.63, 3.8) is 0 Å². The molecule has 96 valence electrons. The summed E-state index contributed by atoms with van der Waals surface area (Å²) in [5, 5.41) is 0. The SMILES string of the molecule is O=C1C(c2ccccc2)CN1CC1CCCCC1. The molecule has 1 aromatic rings. The highest BCUT2D eigenvalue weighted by molar-refractivity contribution is 5.89. The van der Waals surface area contributed by atoms with Crippen LogP contribution in [0.4, 0.5) is 0 Å². The summed E-state index contributed by atoms with van der Waals surface area (Å²) < 4.78 is 0. The van der Waals surface area contributed by atoms with Gasteiger partial charge in [0.2, 0.25) is 5.91 Å². The van der Waals surface area contributed by atoms with Gasteiger partial charge in [0.05, 0.1) is 5.92 Å². The fourth-order valence-electron chi connectivity index (χ4n) is 3.28. The zero-order valence-electron chi connectivity index (χ0n) is 10.8. The van der Waals surface area contributed by atoms with Crippen LogP contribution in [0.1, 0.15) is 43.6 Å². The van der Waals surface area contributed by atoms with Crippen molar-refractivity contribution in [2.75, 3.05) is 13.1 Å². The number of hydrogen-bond acceptors (Lipinski definition) is 1. The van der Waals surface area contributed by atoms with Crippen molar-refractivity contribution in [2.45, 2.75) is 38.0 Å². The molecule has 1 aliphatic heterocycles. The average molecular weight is 243 g/mol. The Kier molecular flexibility index (Phi) is 3.35. The molecule has 2 heteroatoms. The molecular formula is C16H21NO. The van der Waals surface area contributed by atoms with Crippen LogP contribution in [0, 0.1) is 5.92 Å². The van der Waals surface area contributed by atoms with Gasteiger partial charge in [-0.1, -0.05) is 49.6 Å².